The number of fused-ring (bicyclic) bond motifs is 1. The van der Waals surface area contributed by atoms with Gasteiger partial charge in [-0.2, -0.15) is 0 Å². The maximum atomic E-state index is 10.3. The Morgan fingerprint density at radius 1 is 1.22 bits per heavy atom. The van der Waals surface area contributed by atoms with Gasteiger partial charge in [0.2, 0.25) is 0 Å². The third-order valence-corrected chi connectivity index (χ3v) is 3.12. The third kappa shape index (κ3) is 2.32. The second-order valence-corrected chi connectivity index (χ2v) is 4.58. The smallest absolute Gasteiger partial charge is 0.119 e. The van der Waals surface area contributed by atoms with E-state index in [1.54, 1.807) is 14.0 Å². The van der Waals surface area contributed by atoms with Crippen LogP contribution in [0.3, 0.4) is 0 Å². The molecule has 0 aliphatic rings. The minimum atomic E-state index is -0.983. The molecule has 0 aromatic heterocycles. The summed E-state index contributed by atoms with van der Waals surface area (Å²) in [6, 6.07) is 11.7. The summed E-state index contributed by atoms with van der Waals surface area (Å²) in [5, 5.41) is 12.4. The van der Waals surface area contributed by atoms with Gasteiger partial charge < -0.3 is 9.84 Å². The first-order valence-electron chi connectivity index (χ1n) is 5.81. The van der Waals surface area contributed by atoms with Crippen molar-refractivity contribution in [3.05, 3.63) is 42.0 Å². The Kier molecular flexibility index (Phi) is 3.27. The first-order chi connectivity index (χ1) is 8.56. The molecule has 0 saturated carbocycles. The van der Waals surface area contributed by atoms with Crippen LogP contribution in [0, 0.1) is 12.3 Å². The largest absolute Gasteiger partial charge is 0.497 e. The van der Waals surface area contributed by atoms with Crippen LogP contribution in [-0.4, -0.2) is 12.2 Å². The molecule has 2 nitrogen and oxygen atoms in total. The number of ether oxygens (including phenoxy) is 1. The lowest BCUT2D eigenvalue weighted by atomic mass is 9.91. The van der Waals surface area contributed by atoms with Gasteiger partial charge in [0.05, 0.1) is 12.7 Å². The Labute approximate surface area is 107 Å². The number of hydrogen-bond acceptors (Lipinski definition) is 2. The predicted octanol–water partition coefficient (Wildman–Crippen LogP) is 3.08. The van der Waals surface area contributed by atoms with Crippen molar-refractivity contribution in [2.24, 2.45) is 0 Å². The number of benzene rings is 2. The van der Waals surface area contributed by atoms with Gasteiger partial charge >= 0.3 is 0 Å². The molecule has 0 aliphatic heterocycles. The lowest BCUT2D eigenvalue weighted by Gasteiger charge is -2.21. The molecule has 0 amide bonds. The minimum absolute atomic E-state index is 0.300. The Hall–Kier alpha value is -1.98. The lowest BCUT2D eigenvalue weighted by Crippen LogP contribution is -2.19. The molecule has 2 aromatic carbocycles. The molecule has 2 heteroatoms. The summed E-state index contributed by atoms with van der Waals surface area (Å²) in [6.07, 6.45) is 5.58. The number of aliphatic hydroxyl groups is 1. The fraction of sp³-hybridized carbons (Fsp3) is 0.250. The zero-order chi connectivity index (χ0) is 13.2. The van der Waals surface area contributed by atoms with E-state index in [4.69, 9.17) is 11.2 Å². The molecule has 1 atom stereocenters. The monoisotopic (exact) mass is 240 g/mol. The zero-order valence-corrected chi connectivity index (χ0v) is 10.6. The van der Waals surface area contributed by atoms with Crippen LogP contribution in [0.4, 0.5) is 0 Å². The molecule has 18 heavy (non-hydrogen) atoms. The van der Waals surface area contributed by atoms with Gasteiger partial charge in [-0.3, -0.25) is 0 Å². The highest BCUT2D eigenvalue weighted by Gasteiger charge is 2.21. The van der Waals surface area contributed by atoms with Crippen LogP contribution < -0.4 is 4.74 Å². The van der Waals surface area contributed by atoms with E-state index in [1.165, 1.54) is 0 Å². The van der Waals surface area contributed by atoms with Gasteiger partial charge in [-0.15, -0.1) is 12.3 Å². The van der Waals surface area contributed by atoms with Gasteiger partial charge in [-0.1, -0.05) is 18.2 Å². The molecule has 92 valence electrons. The molecule has 0 unspecified atom stereocenters. The maximum absolute atomic E-state index is 10.3. The molecule has 0 fully saturated rings. The highest BCUT2D eigenvalue weighted by Crippen LogP contribution is 2.28. The summed E-state index contributed by atoms with van der Waals surface area (Å²) < 4.78 is 5.18. The van der Waals surface area contributed by atoms with E-state index in [2.05, 4.69) is 5.92 Å². The third-order valence-electron chi connectivity index (χ3n) is 3.12. The Morgan fingerprint density at radius 2 is 1.89 bits per heavy atom. The normalized spacial score (nSPS) is 13.9. The molecular weight excluding hydrogens is 224 g/mol. The van der Waals surface area contributed by atoms with Crippen molar-refractivity contribution in [1.82, 2.24) is 0 Å². The summed E-state index contributed by atoms with van der Waals surface area (Å²) in [7, 11) is 1.65. The van der Waals surface area contributed by atoms with Crippen LogP contribution in [0.2, 0.25) is 0 Å². The van der Waals surface area contributed by atoms with E-state index >= 15 is 0 Å². The fourth-order valence-corrected chi connectivity index (χ4v) is 1.99. The molecule has 0 heterocycles. The summed E-state index contributed by atoms with van der Waals surface area (Å²) in [6.45, 7) is 1.73. The van der Waals surface area contributed by atoms with E-state index in [1.807, 2.05) is 36.4 Å². The standard InChI is InChI=1S/C16H16O2/c1-4-9-16(2,17)14-7-5-13-11-15(18-3)8-6-12(13)10-14/h1,5-8,10-11,17H,9H2,2-3H3/t16-/m1/s1. The van der Waals surface area contributed by atoms with Gasteiger partial charge in [0.25, 0.3) is 0 Å². The van der Waals surface area contributed by atoms with Crippen LogP contribution in [-0.2, 0) is 5.60 Å². The summed E-state index contributed by atoms with van der Waals surface area (Å²) >= 11 is 0. The highest BCUT2D eigenvalue weighted by atomic mass is 16.5. The van der Waals surface area contributed by atoms with Gasteiger partial charge in [0, 0.05) is 6.42 Å². The molecule has 2 rings (SSSR count). The van der Waals surface area contributed by atoms with Crippen molar-refractivity contribution in [3.8, 4) is 18.1 Å². The Balaban J connectivity index is 2.49. The number of terminal acetylenes is 1. The lowest BCUT2D eigenvalue weighted by molar-refractivity contribution is 0.0631. The van der Waals surface area contributed by atoms with Gasteiger partial charge in [-0.25, -0.2) is 0 Å². The van der Waals surface area contributed by atoms with E-state index in [0.29, 0.717) is 6.42 Å². The van der Waals surface area contributed by atoms with Crippen molar-refractivity contribution in [3.63, 3.8) is 0 Å². The van der Waals surface area contributed by atoms with Crippen LogP contribution in [0.25, 0.3) is 10.8 Å². The zero-order valence-electron chi connectivity index (χ0n) is 10.6. The molecule has 2 aromatic rings. The number of hydrogen-bond donors (Lipinski definition) is 1. The Morgan fingerprint density at radius 3 is 2.56 bits per heavy atom. The summed E-state index contributed by atoms with van der Waals surface area (Å²) in [4.78, 5) is 0. The molecule has 0 saturated heterocycles. The van der Waals surface area contributed by atoms with E-state index in [9.17, 15) is 5.11 Å². The second-order valence-electron chi connectivity index (χ2n) is 4.58. The second kappa shape index (κ2) is 4.72. The molecular formula is C16H16O2. The highest BCUT2D eigenvalue weighted by molar-refractivity contribution is 5.84. The van der Waals surface area contributed by atoms with Crippen molar-refractivity contribution in [2.45, 2.75) is 18.9 Å². The topological polar surface area (TPSA) is 29.5 Å². The van der Waals surface area contributed by atoms with Crippen molar-refractivity contribution < 1.29 is 9.84 Å². The van der Waals surface area contributed by atoms with E-state index in [-0.39, 0.29) is 0 Å². The first kappa shape index (κ1) is 12.5. The quantitative estimate of drug-likeness (QED) is 0.835. The van der Waals surface area contributed by atoms with E-state index < -0.39 is 5.60 Å². The first-order valence-corrected chi connectivity index (χ1v) is 5.81. The summed E-state index contributed by atoms with van der Waals surface area (Å²) in [5.74, 6) is 3.33. The molecule has 0 aliphatic carbocycles. The van der Waals surface area contributed by atoms with Crippen molar-refractivity contribution in [2.75, 3.05) is 7.11 Å². The van der Waals surface area contributed by atoms with Crippen LogP contribution in [0.15, 0.2) is 36.4 Å². The van der Waals surface area contributed by atoms with Crippen molar-refractivity contribution in [1.29, 1.82) is 0 Å². The van der Waals surface area contributed by atoms with Gasteiger partial charge in [-0.05, 0) is 41.5 Å². The average molecular weight is 240 g/mol. The SMILES string of the molecule is C#CC[C@@](C)(O)c1ccc2cc(OC)ccc2c1. The van der Waals surface area contributed by atoms with E-state index in [0.717, 1.165) is 22.1 Å². The van der Waals surface area contributed by atoms with Crippen molar-refractivity contribution >= 4 is 10.8 Å². The molecule has 0 radical (unpaired) electrons. The maximum Gasteiger partial charge on any atom is 0.119 e. The number of rotatable bonds is 3. The van der Waals surface area contributed by atoms with Gasteiger partial charge in [0.15, 0.2) is 0 Å². The molecule has 1 N–H and O–H groups in total. The molecule has 0 bridgehead atoms. The predicted molar refractivity (Wildman–Crippen MR) is 73.5 cm³/mol. The van der Waals surface area contributed by atoms with Crippen LogP contribution in [0.5, 0.6) is 5.75 Å². The summed E-state index contributed by atoms with van der Waals surface area (Å²) in [5.41, 5.74) is -0.152. The average Bonchev–Trinajstić information content (AvgIpc) is 2.37. The van der Waals surface area contributed by atoms with Crippen LogP contribution in [0.1, 0.15) is 18.9 Å². The van der Waals surface area contributed by atoms with Gasteiger partial charge in [0.1, 0.15) is 5.75 Å². The minimum Gasteiger partial charge on any atom is -0.497 e. The molecule has 0 spiro atoms. The van der Waals surface area contributed by atoms with Crippen LogP contribution >= 0.6 is 0 Å². The fourth-order valence-electron chi connectivity index (χ4n) is 1.99. The number of methoxy groups -OCH3 is 1. The Bertz CT molecular complexity index is 606.